The molecule has 0 spiro atoms. The summed E-state index contributed by atoms with van der Waals surface area (Å²) in [4.78, 5) is 18.6. The van der Waals surface area contributed by atoms with Gasteiger partial charge in [-0.1, -0.05) is 11.6 Å². The van der Waals surface area contributed by atoms with Crippen molar-refractivity contribution in [1.82, 2.24) is 9.97 Å². The Balaban J connectivity index is 2.16. The van der Waals surface area contributed by atoms with Crippen LogP contribution in [0.4, 0.5) is 11.5 Å². The predicted molar refractivity (Wildman–Crippen MR) is 65.3 cm³/mol. The first-order chi connectivity index (χ1) is 8.15. The van der Waals surface area contributed by atoms with Gasteiger partial charge in [-0.2, -0.15) is 0 Å². The largest absolute Gasteiger partial charge is 0.366 e. The molecule has 17 heavy (non-hydrogen) atoms. The molecular weight excluding hydrogens is 240 g/mol. The Hall–Kier alpha value is -2.14. The molecule has 0 aliphatic carbocycles. The monoisotopic (exact) mass is 248 g/mol. The summed E-state index contributed by atoms with van der Waals surface area (Å²) in [6.45, 7) is 0. The summed E-state index contributed by atoms with van der Waals surface area (Å²) in [6, 6.07) is 8.33. The Kier molecular flexibility index (Phi) is 3.20. The number of aromatic nitrogens is 2. The molecule has 0 saturated heterocycles. The van der Waals surface area contributed by atoms with Gasteiger partial charge in [0.1, 0.15) is 17.3 Å². The van der Waals surface area contributed by atoms with E-state index in [1.54, 1.807) is 30.3 Å². The van der Waals surface area contributed by atoms with Crippen LogP contribution in [0.1, 0.15) is 10.4 Å². The number of nitrogens with two attached hydrogens (primary N) is 1. The average molecular weight is 249 g/mol. The van der Waals surface area contributed by atoms with Crippen molar-refractivity contribution in [3.8, 4) is 0 Å². The van der Waals surface area contributed by atoms with Crippen LogP contribution in [0.2, 0.25) is 5.15 Å². The zero-order valence-corrected chi connectivity index (χ0v) is 9.48. The van der Waals surface area contributed by atoms with Gasteiger partial charge in [-0.15, -0.1) is 0 Å². The molecule has 0 radical (unpaired) electrons. The molecule has 0 fully saturated rings. The second-order valence-corrected chi connectivity index (χ2v) is 3.68. The third-order valence-electron chi connectivity index (χ3n) is 2.08. The molecule has 1 aromatic carbocycles. The Labute approximate surface area is 103 Å². The molecule has 2 rings (SSSR count). The summed E-state index contributed by atoms with van der Waals surface area (Å²) in [5.74, 6) is 0.124. The number of amides is 1. The third-order valence-corrected chi connectivity index (χ3v) is 2.28. The number of hydrogen-bond donors (Lipinski definition) is 2. The highest BCUT2D eigenvalue weighted by molar-refractivity contribution is 6.29. The quantitative estimate of drug-likeness (QED) is 0.814. The fourth-order valence-corrected chi connectivity index (χ4v) is 1.41. The number of nitrogens with one attached hydrogen (secondary N) is 1. The van der Waals surface area contributed by atoms with E-state index in [4.69, 9.17) is 17.3 Å². The second kappa shape index (κ2) is 4.80. The summed E-state index contributed by atoms with van der Waals surface area (Å²) in [5.41, 5.74) is 6.38. The Morgan fingerprint density at radius 3 is 2.53 bits per heavy atom. The SMILES string of the molecule is NC(=O)c1ccc(Nc2cc(Cl)ncn2)cc1. The molecule has 0 saturated carbocycles. The zero-order valence-electron chi connectivity index (χ0n) is 8.72. The van der Waals surface area contributed by atoms with Crippen molar-refractivity contribution in [2.24, 2.45) is 5.73 Å². The van der Waals surface area contributed by atoms with E-state index in [0.29, 0.717) is 16.5 Å². The maximum atomic E-state index is 10.9. The molecule has 1 amide bonds. The van der Waals surface area contributed by atoms with Gasteiger partial charge >= 0.3 is 0 Å². The van der Waals surface area contributed by atoms with E-state index in [1.807, 2.05) is 0 Å². The molecule has 86 valence electrons. The van der Waals surface area contributed by atoms with Gasteiger partial charge in [0.25, 0.3) is 0 Å². The molecule has 0 aliphatic rings. The highest BCUT2D eigenvalue weighted by atomic mass is 35.5. The van der Waals surface area contributed by atoms with Crippen LogP contribution in [0.25, 0.3) is 0 Å². The van der Waals surface area contributed by atoms with Crippen molar-refractivity contribution in [2.45, 2.75) is 0 Å². The van der Waals surface area contributed by atoms with E-state index in [2.05, 4.69) is 15.3 Å². The third kappa shape index (κ3) is 2.92. The van der Waals surface area contributed by atoms with Gasteiger partial charge in [0, 0.05) is 17.3 Å². The molecule has 3 N–H and O–H groups in total. The number of hydrogen-bond acceptors (Lipinski definition) is 4. The molecule has 1 heterocycles. The first-order valence-electron chi connectivity index (χ1n) is 4.79. The topological polar surface area (TPSA) is 80.9 Å². The smallest absolute Gasteiger partial charge is 0.248 e. The standard InChI is InChI=1S/C11H9ClN4O/c12-9-5-10(15-6-14-9)16-8-3-1-7(2-4-8)11(13)17/h1-6H,(H2,13,17)(H,14,15,16). The zero-order chi connectivity index (χ0) is 12.3. The summed E-state index contributed by atoms with van der Waals surface area (Å²) >= 11 is 5.73. The van der Waals surface area contributed by atoms with Crippen molar-refractivity contribution in [1.29, 1.82) is 0 Å². The lowest BCUT2D eigenvalue weighted by Crippen LogP contribution is -2.10. The van der Waals surface area contributed by atoms with E-state index in [-0.39, 0.29) is 0 Å². The number of anilines is 2. The Morgan fingerprint density at radius 1 is 1.24 bits per heavy atom. The highest BCUT2D eigenvalue weighted by Gasteiger charge is 2.01. The van der Waals surface area contributed by atoms with Crippen molar-refractivity contribution in [3.05, 3.63) is 47.4 Å². The van der Waals surface area contributed by atoms with Crippen molar-refractivity contribution < 1.29 is 4.79 Å². The Morgan fingerprint density at radius 2 is 1.94 bits per heavy atom. The van der Waals surface area contributed by atoms with Gasteiger partial charge in [-0.25, -0.2) is 9.97 Å². The fourth-order valence-electron chi connectivity index (χ4n) is 1.27. The fraction of sp³-hybridized carbons (Fsp3) is 0. The molecular formula is C11H9ClN4O. The number of carbonyl (C=O) groups is 1. The number of rotatable bonds is 3. The summed E-state index contributed by atoms with van der Waals surface area (Å²) in [7, 11) is 0. The number of nitrogens with zero attached hydrogens (tertiary/aromatic N) is 2. The molecule has 0 unspecified atom stereocenters. The van der Waals surface area contributed by atoms with E-state index >= 15 is 0 Å². The minimum atomic E-state index is -0.457. The van der Waals surface area contributed by atoms with Crippen LogP contribution >= 0.6 is 11.6 Å². The number of primary amides is 1. The highest BCUT2D eigenvalue weighted by Crippen LogP contribution is 2.16. The molecule has 1 aromatic heterocycles. The molecule has 0 aliphatic heterocycles. The summed E-state index contributed by atoms with van der Waals surface area (Å²) in [5, 5.41) is 3.38. The maximum absolute atomic E-state index is 10.9. The van der Waals surface area contributed by atoms with Gasteiger partial charge in [-0.3, -0.25) is 4.79 Å². The molecule has 6 heteroatoms. The van der Waals surface area contributed by atoms with Crippen LogP contribution in [0.3, 0.4) is 0 Å². The van der Waals surface area contributed by atoms with Crippen molar-refractivity contribution in [3.63, 3.8) is 0 Å². The summed E-state index contributed by atoms with van der Waals surface area (Å²) < 4.78 is 0. The molecule has 2 aromatic rings. The molecule has 0 atom stereocenters. The molecule has 0 bridgehead atoms. The van der Waals surface area contributed by atoms with Crippen LogP contribution in [0.5, 0.6) is 0 Å². The van der Waals surface area contributed by atoms with Gasteiger partial charge < -0.3 is 11.1 Å². The number of benzene rings is 1. The van der Waals surface area contributed by atoms with Crippen molar-refractivity contribution >= 4 is 29.0 Å². The lowest BCUT2D eigenvalue weighted by molar-refractivity contribution is 0.100. The number of halogens is 1. The minimum absolute atomic E-state index is 0.358. The van der Waals surface area contributed by atoms with Crippen molar-refractivity contribution in [2.75, 3.05) is 5.32 Å². The first-order valence-corrected chi connectivity index (χ1v) is 5.17. The lowest BCUT2D eigenvalue weighted by atomic mass is 10.2. The van der Waals surface area contributed by atoms with Gasteiger partial charge in [0.05, 0.1) is 0 Å². The van der Waals surface area contributed by atoms with Crippen LogP contribution in [-0.4, -0.2) is 15.9 Å². The maximum Gasteiger partial charge on any atom is 0.248 e. The predicted octanol–water partition coefficient (Wildman–Crippen LogP) is 1.97. The normalized spacial score (nSPS) is 9.94. The van der Waals surface area contributed by atoms with E-state index in [0.717, 1.165) is 5.69 Å². The lowest BCUT2D eigenvalue weighted by Gasteiger charge is -2.05. The van der Waals surface area contributed by atoms with Gasteiger partial charge in [-0.05, 0) is 24.3 Å². The number of carbonyl (C=O) groups excluding carboxylic acids is 1. The second-order valence-electron chi connectivity index (χ2n) is 3.29. The Bertz CT molecular complexity index is 541. The van der Waals surface area contributed by atoms with Crippen LogP contribution in [0.15, 0.2) is 36.7 Å². The van der Waals surface area contributed by atoms with Gasteiger partial charge in [0.15, 0.2) is 0 Å². The van der Waals surface area contributed by atoms with Crippen LogP contribution in [-0.2, 0) is 0 Å². The van der Waals surface area contributed by atoms with Gasteiger partial charge in [0.2, 0.25) is 5.91 Å². The van der Waals surface area contributed by atoms with E-state index in [1.165, 1.54) is 6.33 Å². The van der Waals surface area contributed by atoms with Crippen LogP contribution < -0.4 is 11.1 Å². The minimum Gasteiger partial charge on any atom is -0.366 e. The first kappa shape index (κ1) is 11.3. The summed E-state index contributed by atoms with van der Waals surface area (Å²) in [6.07, 6.45) is 1.36. The van der Waals surface area contributed by atoms with E-state index in [9.17, 15) is 4.79 Å². The molecule has 5 nitrogen and oxygen atoms in total. The van der Waals surface area contributed by atoms with Crippen LogP contribution in [0, 0.1) is 0 Å². The van der Waals surface area contributed by atoms with E-state index < -0.39 is 5.91 Å². The average Bonchev–Trinajstić information content (AvgIpc) is 2.29.